The van der Waals surface area contributed by atoms with E-state index in [4.69, 9.17) is 0 Å². The summed E-state index contributed by atoms with van der Waals surface area (Å²) in [7, 11) is -3.63. The van der Waals surface area contributed by atoms with Crippen molar-refractivity contribution in [2.24, 2.45) is 0 Å². The molecule has 1 N–H and O–H groups in total. The van der Waals surface area contributed by atoms with Crippen molar-refractivity contribution in [2.75, 3.05) is 63.8 Å². The molecular formula is C21H26N8O3S. The number of nitrogens with zero attached hydrogens (tertiary/aromatic N) is 7. The number of carbonyl (C=O) groups excluding carboxylic acids is 1. The van der Waals surface area contributed by atoms with E-state index in [0.717, 1.165) is 0 Å². The smallest absolute Gasteiger partial charge is 0.245 e. The molecule has 33 heavy (non-hydrogen) atoms. The number of sulfonamides is 1. The van der Waals surface area contributed by atoms with Gasteiger partial charge in [-0.1, -0.05) is 0 Å². The van der Waals surface area contributed by atoms with Gasteiger partial charge in [-0.25, -0.2) is 23.4 Å². The van der Waals surface area contributed by atoms with E-state index in [1.165, 1.54) is 10.5 Å². The summed E-state index contributed by atoms with van der Waals surface area (Å²) in [5.41, 5.74) is 0.555. The highest BCUT2D eigenvalue weighted by molar-refractivity contribution is 7.89. The Hall–Kier alpha value is -3.09. The van der Waals surface area contributed by atoms with Crippen LogP contribution in [0.5, 0.6) is 0 Å². The Morgan fingerprint density at radius 3 is 2.33 bits per heavy atom. The SMILES string of the molecule is O=C(CN1CCN(S(=O)(=O)c2c[nH]c3ncccc23)CC1)N1CCN(c2ncccn2)CC1. The van der Waals surface area contributed by atoms with Crippen molar-refractivity contribution in [3.05, 3.63) is 43.0 Å². The van der Waals surface area contributed by atoms with Gasteiger partial charge in [0.05, 0.1) is 6.54 Å². The number of fused-ring (bicyclic) bond motifs is 1. The number of aromatic amines is 1. The molecule has 1 amide bonds. The number of hydrogen-bond donors (Lipinski definition) is 1. The van der Waals surface area contributed by atoms with Gasteiger partial charge in [-0.3, -0.25) is 9.69 Å². The largest absolute Gasteiger partial charge is 0.345 e. The maximum atomic E-state index is 13.2. The minimum Gasteiger partial charge on any atom is -0.345 e. The van der Waals surface area contributed by atoms with E-state index in [2.05, 4.69) is 24.8 Å². The van der Waals surface area contributed by atoms with Crippen molar-refractivity contribution in [1.29, 1.82) is 0 Å². The van der Waals surface area contributed by atoms with Crippen LogP contribution in [0.4, 0.5) is 5.95 Å². The Labute approximate surface area is 192 Å². The van der Waals surface area contributed by atoms with Crippen LogP contribution in [0.1, 0.15) is 0 Å². The predicted molar refractivity (Wildman–Crippen MR) is 122 cm³/mol. The van der Waals surface area contributed by atoms with Gasteiger partial charge in [0, 0.05) is 82.5 Å². The van der Waals surface area contributed by atoms with Crippen LogP contribution in [-0.4, -0.2) is 107 Å². The molecule has 5 heterocycles. The molecule has 2 aliphatic heterocycles. The normalized spacial score (nSPS) is 18.7. The predicted octanol–water partition coefficient (Wildman–Crippen LogP) is 0.00800. The molecule has 0 radical (unpaired) electrons. The lowest BCUT2D eigenvalue weighted by Crippen LogP contribution is -2.54. The molecule has 2 aliphatic rings. The summed E-state index contributed by atoms with van der Waals surface area (Å²) in [6, 6.07) is 5.27. The minimum atomic E-state index is -3.63. The molecular weight excluding hydrogens is 444 g/mol. The van der Waals surface area contributed by atoms with Crippen molar-refractivity contribution >= 4 is 32.9 Å². The average Bonchev–Trinajstić information content (AvgIpc) is 3.30. The highest BCUT2D eigenvalue weighted by Gasteiger charge is 2.32. The third-order valence-electron chi connectivity index (χ3n) is 6.19. The molecule has 12 heteroatoms. The number of anilines is 1. The quantitative estimate of drug-likeness (QED) is 0.554. The van der Waals surface area contributed by atoms with Crippen LogP contribution in [0.15, 0.2) is 47.9 Å². The van der Waals surface area contributed by atoms with Crippen LogP contribution in [0.2, 0.25) is 0 Å². The Bertz CT molecular complexity index is 1220. The highest BCUT2D eigenvalue weighted by atomic mass is 32.2. The first kappa shape index (κ1) is 21.7. The Morgan fingerprint density at radius 1 is 0.909 bits per heavy atom. The second-order valence-corrected chi connectivity index (χ2v) is 10.1. The number of amides is 1. The van der Waals surface area contributed by atoms with Crippen LogP contribution in [0, 0.1) is 0 Å². The summed E-state index contributed by atoms with van der Waals surface area (Å²) in [6.07, 6.45) is 6.56. The fraction of sp³-hybridized carbons (Fsp3) is 0.429. The highest BCUT2D eigenvalue weighted by Crippen LogP contribution is 2.25. The molecule has 11 nitrogen and oxygen atoms in total. The zero-order valence-electron chi connectivity index (χ0n) is 18.2. The molecule has 3 aromatic heterocycles. The Balaban J connectivity index is 1.14. The van der Waals surface area contributed by atoms with Crippen molar-refractivity contribution in [2.45, 2.75) is 4.90 Å². The van der Waals surface area contributed by atoms with E-state index in [1.807, 2.05) is 9.80 Å². The summed E-state index contributed by atoms with van der Waals surface area (Å²) in [5, 5.41) is 0.593. The summed E-state index contributed by atoms with van der Waals surface area (Å²) in [4.78, 5) is 34.7. The van der Waals surface area contributed by atoms with Gasteiger partial charge in [-0.05, 0) is 18.2 Å². The lowest BCUT2D eigenvalue weighted by molar-refractivity contribution is -0.133. The van der Waals surface area contributed by atoms with Gasteiger partial charge in [0.15, 0.2) is 0 Å². The molecule has 0 aliphatic carbocycles. The van der Waals surface area contributed by atoms with E-state index in [1.54, 1.807) is 36.8 Å². The van der Waals surface area contributed by atoms with E-state index in [-0.39, 0.29) is 10.8 Å². The average molecular weight is 471 g/mol. The van der Waals surface area contributed by atoms with Crippen molar-refractivity contribution in [3.63, 3.8) is 0 Å². The van der Waals surface area contributed by atoms with E-state index in [0.29, 0.717) is 75.9 Å². The second kappa shape index (κ2) is 9.04. The molecule has 0 aromatic carbocycles. The summed E-state index contributed by atoms with van der Waals surface area (Å²) >= 11 is 0. The number of piperazine rings is 2. The third kappa shape index (κ3) is 4.41. The van der Waals surface area contributed by atoms with Gasteiger partial charge in [0.25, 0.3) is 0 Å². The van der Waals surface area contributed by atoms with Crippen LogP contribution >= 0.6 is 0 Å². The van der Waals surface area contributed by atoms with Crippen LogP contribution in [0.25, 0.3) is 11.0 Å². The summed E-state index contributed by atoms with van der Waals surface area (Å²) < 4.78 is 27.8. The van der Waals surface area contributed by atoms with Gasteiger partial charge in [-0.2, -0.15) is 4.31 Å². The fourth-order valence-electron chi connectivity index (χ4n) is 4.31. The molecule has 3 aromatic rings. The number of nitrogens with one attached hydrogen (secondary N) is 1. The van der Waals surface area contributed by atoms with E-state index in [9.17, 15) is 13.2 Å². The second-order valence-electron chi connectivity index (χ2n) is 8.15. The number of rotatable bonds is 5. The minimum absolute atomic E-state index is 0.0719. The zero-order valence-corrected chi connectivity index (χ0v) is 19.0. The molecule has 0 saturated carbocycles. The van der Waals surface area contributed by atoms with Gasteiger partial charge in [0.1, 0.15) is 10.5 Å². The molecule has 5 rings (SSSR count). The number of carbonyl (C=O) groups is 1. The number of aromatic nitrogens is 4. The standard InChI is InChI=1S/C21H26N8O3S/c30-19(27-9-11-28(12-10-27)21-23-5-2-6-24-21)16-26-7-13-29(14-8-26)33(31,32)18-15-25-20-17(18)3-1-4-22-20/h1-6,15H,7-14,16H2,(H,22,25). The Kier molecular flexibility index (Phi) is 5.96. The molecule has 0 unspecified atom stereocenters. The van der Waals surface area contributed by atoms with Crippen LogP contribution in [0.3, 0.4) is 0 Å². The maximum Gasteiger partial charge on any atom is 0.245 e. The van der Waals surface area contributed by atoms with Gasteiger partial charge in [-0.15, -0.1) is 0 Å². The first-order chi connectivity index (χ1) is 16.0. The molecule has 2 saturated heterocycles. The first-order valence-corrected chi connectivity index (χ1v) is 12.4. The molecule has 2 fully saturated rings. The van der Waals surface area contributed by atoms with Gasteiger partial charge < -0.3 is 14.8 Å². The Morgan fingerprint density at radius 2 is 1.61 bits per heavy atom. The number of H-pyrrole nitrogens is 1. The molecule has 0 bridgehead atoms. The van der Waals surface area contributed by atoms with E-state index < -0.39 is 10.0 Å². The topological polar surface area (TPSA) is 119 Å². The van der Waals surface area contributed by atoms with E-state index >= 15 is 0 Å². The first-order valence-electron chi connectivity index (χ1n) is 11.0. The lowest BCUT2D eigenvalue weighted by Gasteiger charge is -2.37. The van der Waals surface area contributed by atoms with Crippen molar-refractivity contribution in [3.8, 4) is 0 Å². The van der Waals surface area contributed by atoms with Gasteiger partial charge >= 0.3 is 0 Å². The number of pyridine rings is 1. The summed E-state index contributed by atoms with van der Waals surface area (Å²) in [6.45, 7) is 4.67. The molecule has 0 spiro atoms. The fourth-order valence-corrected chi connectivity index (χ4v) is 5.89. The molecule has 174 valence electrons. The monoisotopic (exact) mass is 470 g/mol. The third-order valence-corrected chi connectivity index (χ3v) is 8.13. The zero-order chi connectivity index (χ0) is 22.8. The van der Waals surface area contributed by atoms with Crippen LogP contribution in [-0.2, 0) is 14.8 Å². The van der Waals surface area contributed by atoms with Crippen molar-refractivity contribution < 1.29 is 13.2 Å². The van der Waals surface area contributed by atoms with Gasteiger partial charge in [0.2, 0.25) is 21.9 Å². The summed E-state index contributed by atoms with van der Waals surface area (Å²) in [5.74, 6) is 0.760. The number of hydrogen-bond acceptors (Lipinski definition) is 8. The lowest BCUT2D eigenvalue weighted by atomic mass is 10.3. The van der Waals surface area contributed by atoms with Crippen molar-refractivity contribution in [1.82, 2.24) is 34.0 Å². The molecule has 0 atom stereocenters. The maximum absolute atomic E-state index is 13.2. The van der Waals surface area contributed by atoms with Crippen LogP contribution < -0.4 is 4.90 Å².